The van der Waals surface area contributed by atoms with Gasteiger partial charge >= 0.3 is 11.8 Å². The Labute approximate surface area is 128 Å². The van der Waals surface area contributed by atoms with E-state index in [1.54, 1.807) is 10.6 Å². The summed E-state index contributed by atoms with van der Waals surface area (Å²) in [5.74, 6) is 0.255. The summed E-state index contributed by atoms with van der Waals surface area (Å²) in [6.07, 6.45) is 1.06. The van der Waals surface area contributed by atoms with Crippen LogP contribution < -0.4 is 9.47 Å². The van der Waals surface area contributed by atoms with Crippen LogP contribution >= 0.6 is 15.9 Å². The van der Waals surface area contributed by atoms with Crippen LogP contribution in [-0.2, 0) is 6.54 Å². The molecule has 0 spiro atoms. The van der Waals surface area contributed by atoms with Crippen molar-refractivity contribution in [2.24, 2.45) is 0 Å². The molecule has 1 atom stereocenters. The molecule has 0 bridgehead atoms. The lowest BCUT2D eigenvalue weighted by Crippen LogP contribution is -2.34. The van der Waals surface area contributed by atoms with E-state index in [2.05, 4.69) is 25.9 Å². The van der Waals surface area contributed by atoms with Crippen LogP contribution in [0.5, 0.6) is 11.9 Å². The molecule has 0 amide bonds. The third-order valence-electron chi connectivity index (χ3n) is 3.00. The number of nitrogens with zero attached hydrogens (tertiary/aromatic N) is 4. The predicted octanol–water partition coefficient (Wildman–Crippen LogP) is 2.10. The highest BCUT2D eigenvalue weighted by molar-refractivity contribution is 9.10. The zero-order chi connectivity index (χ0) is 15.0. The van der Waals surface area contributed by atoms with Gasteiger partial charge < -0.3 is 19.6 Å². The summed E-state index contributed by atoms with van der Waals surface area (Å²) in [4.78, 5) is 18.2. The van der Waals surface area contributed by atoms with Gasteiger partial charge in [0.25, 0.3) is 0 Å². The van der Waals surface area contributed by atoms with Crippen LogP contribution in [0.3, 0.4) is 0 Å². The van der Waals surface area contributed by atoms with Crippen molar-refractivity contribution in [3.05, 3.63) is 38.6 Å². The Morgan fingerprint density at radius 3 is 3.05 bits per heavy atom. The number of rotatable bonds is 3. The van der Waals surface area contributed by atoms with E-state index < -0.39 is 4.92 Å². The molecule has 0 radical (unpaired) electrons. The van der Waals surface area contributed by atoms with Crippen molar-refractivity contribution in [1.82, 2.24) is 14.5 Å². The zero-order valence-electron chi connectivity index (χ0n) is 11.0. The number of nitro groups is 1. The summed E-state index contributed by atoms with van der Waals surface area (Å²) < 4.78 is 13.6. The topological polar surface area (TPSA) is 92.3 Å². The fraction of sp³-hybridized carbons (Fsp3) is 0.333. The molecule has 0 aromatic carbocycles. The normalized spacial score (nSPS) is 17.0. The molecule has 21 heavy (non-hydrogen) atoms. The van der Waals surface area contributed by atoms with Gasteiger partial charge in [0.15, 0.2) is 6.10 Å². The first-order chi connectivity index (χ1) is 10.0. The van der Waals surface area contributed by atoms with Gasteiger partial charge in [-0.1, -0.05) is 0 Å². The van der Waals surface area contributed by atoms with Gasteiger partial charge in [-0.3, -0.25) is 4.57 Å². The van der Waals surface area contributed by atoms with Crippen molar-refractivity contribution in [3.8, 4) is 11.9 Å². The molecule has 0 saturated heterocycles. The Morgan fingerprint density at radius 1 is 1.52 bits per heavy atom. The number of halogens is 1. The largest absolute Gasteiger partial charge is 0.469 e. The van der Waals surface area contributed by atoms with Crippen LogP contribution in [0.1, 0.15) is 5.69 Å². The Balaban J connectivity index is 1.73. The summed E-state index contributed by atoms with van der Waals surface area (Å²) in [6.45, 7) is 2.56. The van der Waals surface area contributed by atoms with Gasteiger partial charge in [0.05, 0.1) is 12.2 Å². The molecule has 1 aliphatic heterocycles. The molecular weight excluding hydrogens is 344 g/mol. The Bertz CT molecular complexity index is 703. The highest BCUT2D eigenvalue weighted by Gasteiger charge is 2.29. The number of aryl methyl sites for hydroxylation is 1. The minimum atomic E-state index is -0.551. The van der Waals surface area contributed by atoms with Gasteiger partial charge in [0.2, 0.25) is 5.88 Å². The van der Waals surface area contributed by atoms with Crippen molar-refractivity contribution in [1.29, 1.82) is 0 Å². The third kappa shape index (κ3) is 2.82. The van der Waals surface area contributed by atoms with Crippen molar-refractivity contribution >= 4 is 21.7 Å². The molecule has 0 saturated carbocycles. The molecule has 3 rings (SSSR count). The van der Waals surface area contributed by atoms with Crippen molar-refractivity contribution < 1.29 is 14.4 Å². The molecule has 2 aromatic rings. The van der Waals surface area contributed by atoms with E-state index in [9.17, 15) is 10.1 Å². The highest BCUT2D eigenvalue weighted by Crippen LogP contribution is 2.24. The Kier molecular flexibility index (Phi) is 3.50. The first-order valence-electron chi connectivity index (χ1n) is 6.17. The van der Waals surface area contributed by atoms with Gasteiger partial charge in [0.1, 0.15) is 12.8 Å². The molecule has 1 aliphatic rings. The van der Waals surface area contributed by atoms with E-state index >= 15 is 0 Å². The van der Waals surface area contributed by atoms with Crippen LogP contribution in [0, 0.1) is 17.0 Å². The molecule has 9 heteroatoms. The Hall–Kier alpha value is -2.16. The van der Waals surface area contributed by atoms with E-state index in [-0.39, 0.29) is 24.5 Å². The first-order valence-corrected chi connectivity index (χ1v) is 6.96. The SMILES string of the molecule is Cc1nc(OC2COc3nc([N+](=O)[O-])cn3C2)ccc1Br. The average Bonchev–Trinajstić information content (AvgIpc) is 2.86. The maximum atomic E-state index is 10.7. The van der Waals surface area contributed by atoms with Crippen LogP contribution in [0.25, 0.3) is 0 Å². The first kappa shape index (κ1) is 13.8. The minimum absolute atomic E-state index is 0.233. The molecule has 0 aliphatic carbocycles. The van der Waals surface area contributed by atoms with E-state index in [4.69, 9.17) is 9.47 Å². The van der Waals surface area contributed by atoms with Gasteiger partial charge in [-0.05, 0) is 33.8 Å². The number of hydrogen-bond acceptors (Lipinski definition) is 6. The molecule has 110 valence electrons. The lowest BCUT2D eigenvalue weighted by atomic mass is 10.3. The summed E-state index contributed by atoms with van der Waals surface area (Å²) in [6, 6.07) is 3.85. The number of fused-ring (bicyclic) bond motifs is 1. The number of hydrogen-bond donors (Lipinski definition) is 0. The van der Waals surface area contributed by atoms with Crippen molar-refractivity contribution in [3.63, 3.8) is 0 Å². The zero-order valence-corrected chi connectivity index (χ0v) is 12.6. The smallest absolute Gasteiger partial charge is 0.414 e. The van der Waals surface area contributed by atoms with Crippen LogP contribution in [0.15, 0.2) is 22.8 Å². The molecule has 0 fully saturated rings. The molecule has 0 N–H and O–H groups in total. The van der Waals surface area contributed by atoms with Crippen LogP contribution in [0.4, 0.5) is 5.82 Å². The van der Waals surface area contributed by atoms with Gasteiger partial charge in [-0.15, -0.1) is 0 Å². The third-order valence-corrected chi connectivity index (χ3v) is 3.83. The summed E-state index contributed by atoms with van der Waals surface area (Å²) in [5.41, 5.74) is 0.822. The van der Waals surface area contributed by atoms with Gasteiger partial charge in [-0.25, -0.2) is 4.98 Å². The number of pyridine rings is 1. The minimum Gasteiger partial charge on any atom is -0.469 e. The van der Waals surface area contributed by atoms with Gasteiger partial charge in [-0.2, -0.15) is 0 Å². The maximum Gasteiger partial charge on any atom is 0.414 e. The van der Waals surface area contributed by atoms with Gasteiger partial charge in [0, 0.05) is 15.5 Å². The fourth-order valence-electron chi connectivity index (χ4n) is 1.99. The average molecular weight is 355 g/mol. The summed E-state index contributed by atoms with van der Waals surface area (Å²) in [7, 11) is 0. The highest BCUT2D eigenvalue weighted by atomic mass is 79.9. The lowest BCUT2D eigenvalue weighted by molar-refractivity contribution is -0.389. The van der Waals surface area contributed by atoms with E-state index in [0.717, 1.165) is 10.2 Å². The monoisotopic (exact) mass is 354 g/mol. The maximum absolute atomic E-state index is 10.7. The molecule has 1 unspecified atom stereocenters. The lowest BCUT2D eigenvalue weighted by Gasteiger charge is -2.22. The molecular formula is C12H11BrN4O4. The number of aromatic nitrogens is 3. The Morgan fingerprint density at radius 2 is 2.33 bits per heavy atom. The quantitative estimate of drug-likeness (QED) is 0.618. The molecule has 8 nitrogen and oxygen atoms in total. The molecule has 2 aromatic heterocycles. The van der Waals surface area contributed by atoms with Crippen LogP contribution in [-0.4, -0.2) is 32.2 Å². The standard InChI is InChI=1S/C12H11BrN4O4/c1-7-9(13)2-3-11(14-7)21-8-4-16-5-10(17(18)19)15-12(16)20-6-8/h2-3,5,8H,4,6H2,1H3. The molecule has 3 heterocycles. The van der Waals surface area contributed by atoms with Crippen molar-refractivity contribution in [2.75, 3.05) is 6.61 Å². The summed E-state index contributed by atoms with van der Waals surface area (Å²) >= 11 is 3.37. The van der Waals surface area contributed by atoms with E-state index in [0.29, 0.717) is 12.4 Å². The second-order valence-electron chi connectivity index (χ2n) is 4.56. The van der Waals surface area contributed by atoms with E-state index in [1.807, 2.05) is 13.0 Å². The second kappa shape index (κ2) is 5.32. The summed E-state index contributed by atoms with van der Waals surface area (Å²) in [5, 5.41) is 10.7. The second-order valence-corrected chi connectivity index (χ2v) is 5.41. The van der Waals surface area contributed by atoms with E-state index in [1.165, 1.54) is 6.20 Å². The predicted molar refractivity (Wildman–Crippen MR) is 75.5 cm³/mol. The van der Waals surface area contributed by atoms with Crippen LogP contribution in [0.2, 0.25) is 0 Å². The fourth-order valence-corrected chi connectivity index (χ4v) is 2.21. The number of ether oxygens (including phenoxy) is 2. The van der Waals surface area contributed by atoms with Crippen molar-refractivity contribution in [2.45, 2.75) is 19.6 Å². The number of imidazole rings is 1.